The molecular weight excluding hydrogens is 460 g/mol. The Morgan fingerprint density at radius 3 is 2.68 bits per heavy atom. The molecular formula is C33H52O4. The van der Waals surface area contributed by atoms with Crippen LogP contribution in [-0.2, 0) is 19.0 Å². The highest BCUT2D eigenvalue weighted by Crippen LogP contribution is 2.70. The Balaban J connectivity index is 1.15. The average Bonchev–Trinajstić information content (AvgIpc) is 3.31. The number of fused-ring (bicyclic) bond motifs is 7. The fourth-order valence-corrected chi connectivity index (χ4v) is 10.5. The molecule has 0 aromatic heterocycles. The van der Waals surface area contributed by atoms with Crippen molar-refractivity contribution in [3.63, 3.8) is 0 Å². The van der Waals surface area contributed by atoms with Crippen LogP contribution in [0, 0.1) is 46.3 Å². The highest BCUT2D eigenvalue weighted by atomic mass is 16.7. The molecule has 0 N–H and O–H groups in total. The van der Waals surface area contributed by atoms with E-state index in [1.165, 1.54) is 38.5 Å². The number of ether oxygens (including phenoxy) is 3. The van der Waals surface area contributed by atoms with Crippen molar-refractivity contribution in [3.05, 3.63) is 11.6 Å². The van der Waals surface area contributed by atoms with Gasteiger partial charge in [0.05, 0.1) is 12.7 Å². The van der Waals surface area contributed by atoms with Gasteiger partial charge in [0.15, 0.2) is 5.79 Å². The molecule has 2 heterocycles. The molecule has 6 rings (SSSR count). The molecule has 2 aliphatic heterocycles. The first-order valence-electron chi connectivity index (χ1n) is 15.9. The van der Waals surface area contributed by atoms with Crippen LogP contribution in [0.25, 0.3) is 0 Å². The van der Waals surface area contributed by atoms with E-state index in [1.54, 1.807) is 5.57 Å². The van der Waals surface area contributed by atoms with E-state index in [0.717, 1.165) is 62.9 Å². The van der Waals surface area contributed by atoms with Crippen LogP contribution in [0.1, 0.15) is 118 Å². The van der Waals surface area contributed by atoms with E-state index in [-0.39, 0.29) is 23.3 Å². The molecule has 0 aromatic rings. The van der Waals surface area contributed by atoms with Gasteiger partial charge in [0.1, 0.15) is 6.10 Å². The summed E-state index contributed by atoms with van der Waals surface area (Å²) in [6.07, 6.45) is 17.4. The van der Waals surface area contributed by atoms with Crippen molar-refractivity contribution in [3.8, 4) is 0 Å². The second-order valence-corrected chi connectivity index (χ2v) is 14.6. The van der Waals surface area contributed by atoms with Crippen LogP contribution < -0.4 is 0 Å². The van der Waals surface area contributed by atoms with E-state index >= 15 is 0 Å². The van der Waals surface area contributed by atoms with Gasteiger partial charge >= 0.3 is 5.97 Å². The third kappa shape index (κ3) is 4.17. The van der Waals surface area contributed by atoms with Crippen molar-refractivity contribution >= 4 is 5.97 Å². The minimum absolute atomic E-state index is 0.0190. The topological polar surface area (TPSA) is 44.8 Å². The van der Waals surface area contributed by atoms with E-state index in [2.05, 4.69) is 40.7 Å². The van der Waals surface area contributed by atoms with Crippen molar-refractivity contribution in [2.45, 2.75) is 136 Å². The van der Waals surface area contributed by atoms with Gasteiger partial charge in [-0.3, -0.25) is 4.79 Å². The van der Waals surface area contributed by atoms with Crippen molar-refractivity contribution in [1.29, 1.82) is 0 Å². The lowest BCUT2D eigenvalue weighted by atomic mass is 9.47. The van der Waals surface area contributed by atoms with Gasteiger partial charge in [-0.2, -0.15) is 0 Å². The lowest BCUT2D eigenvalue weighted by molar-refractivity contribution is -0.272. The molecule has 1 spiro atoms. The van der Waals surface area contributed by atoms with Crippen molar-refractivity contribution < 1.29 is 19.0 Å². The third-order valence-electron chi connectivity index (χ3n) is 12.6. The maximum Gasteiger partial charge on any atom is 0.306 e. The third-order valence-corrected chi connectivity index (χ3v) is 12.6. The van der Waals surface area contributed by atoms with Gasteiger partial charge in [-0.05, 0) is 91.8 Å². The zero-order valence-electron chi connectivity index (χ0n) is 24.2. The highest BCUT2D eigenvalue weighted by molar-refractivity contribution is 5.69. The lowest BCUT2D eigenvalue weighted by Gasteiger charge is -2.58. The summed E-state index contributed by atoms with van der Waals surface area (Å²) in [5.41, 5.74) is 2.25. The molecule has 4 heteroatoms. The number of hydrogen-bond acceptors (Lipinski definition) is 4. The van der Waals surface area contributed by atoms with Gasteiger partial charge in [0.2, 0.25) is 0 Å². The summed E-state index contributed by atoms with van der Waals surface area (Å²) in [6.45, 7) is 13.0. The van der Waals surface area contributed by atoms with E-state index in [4.69, 9.17) is 14.2 Å². The molecule has 6 aliphatic rings. The molecule has 2 saturated heterocycles. The highest BCUT2D eigenvalue weighted by Gasteiger charge is 2.68. The fraction of sp³-hybridized carbons (Fsp3) is 0.909. The number of allylic oxidation sites excluding steroid dienone is 1. The summed E-state index contributed by atoms with van der Waals surface area (Å²) in [6, 6.07) is 0. The number of rotatable bonds is 5. The van der Waals surface area contributed by atoms with Crippen molar-refractivity contribution in [1.82, 2.24) is 0 Å². The maximum atomic E-state index is 12.4. The number of hydrogen-bond donors (Lipinski definition) is 0. The Morgan fingerprint density at radius 2 is 1.92 bits per heavy atom. The molecule has 4 nitrogen and oxygen atoms in total. The molecule has 208 valence electrons. The number of carbonyl (C=O) groups is 1. The first-order valence-corrected chi connectivity index (χ1v) is 15.9. The van der Waals surface area contributed by atoms with Crippen LogP contribution >= 0.6 is 0 Å². The summed E-state index contributed by atoms with van der Waals surface area (Å²) < 4.78 is 19.4. The monoisotopic (exact) mass is 512 g/mol. The van der Waals surface area contributed by atoms with Gasteiger partial charge in [0, 0.05) is 25.2 Å². The standard InChI is InChI=1S/C33H52O4/c1-6-7-8-9-29(34)36-24-13-15-31(4)23(18-24)10-11-25-26(31)14-16-32(5)27(25)19-28-30(32)22(3)33(37-28)17-12-21(2)20-35-33/h10,21-22,24-28,30H,6-9,11-20H2,1-5H3/t21-,22-,24+,25+,26-,27+,28+,30-,31-,32-,33+/m0/s1. The predicted octanol–water partition coefficient (Wildman–Crippen LogP) is 7.85. The van der Waals surface area contributed by atoms with Gasteiger partial charge in [0.25, 0.3) is 0 Å². The Hall–Kier alpha value is -0.870. The van der Waals surface area contributed by atoms with Gasteiger partial charge in [-0.1, -0.05) is 59.1 Å². The first kappa shape index (κ1) is 26.4. The van der Waals surface area contributed by atoms with Crippen LogP contribution in [0.4, 0.5) is 0 Å². The molecule has 3 saturated carbocycles. The molecule has 0 unspecified atom stereocenters. The number of unbranched alkanes of at least 4 members (excludes halogenated alkanes) is 2. The molecule has 5 fully saturated rings. The Kier molecular flexibility index (Phi) is 6.87. The fourth-order valence-electron chi connectivity index (χ4n) is 10.5. The predicted molar refractivity (Wildman–Crippen MR) is 146 cm³/mol. The maximum absolute atomic E-state index is 12.4. The van der Waals surface area contributed by atoms with E-state index < -0.39 is 0 Å². The number of carbonyl (C=O) groups excluding carboxylic acids is 1. The lowest BCUT2D eigenvalue weighted by Crippen LogP contribution is -2.52. The average molecular weight is 513 g/mol. The quantitative estimate of drug-likeness (QED) is 0.214. The molecule has 0 radical (unpaired) electrons. The molecule has 0 aromatic carbocycles. The zero-order chi connectivity index (χ0) is 26.0. The summed E-state index contributed by atoms with van der Waals surface area (Å²) in [5.74, 6) is 3.77. The van der Waals surface area contributed by atoms with Crippen LogP contribution in [0.3, 0.4) is 0 Å². The van der Waals surface area contributed by atoms with Crippen molar-refractivity contribution in [2.75, 3.05) is 6.61 Å². The van der Waals surface area contributed by atoms with Crippen LogP contribution in [0.5, 0.6) is 0 Å². The Morgan fingerprint density at radius 1 is 1.08 bits per heavy atom. The number of esters is 1. The van der Waals surface area contributed by atoms with Gasteiger partial charge in [-0.15, -0.1) is 0 Å². The van der Waals surface area contributed by atoms with Crippen LogP contribution in [0.2, 0.25) is 0 Å². The Bertz CT molecular complexity index is 902. The van der Waals surface area contributed by atoms with Gasteiger partial charge < -0.3 is 14.2 Å². The second kappa shape index (κ2) is 9.65. The van der Waals surface area contributed by atoms with Crippen molar-refractivity contribution in [2.24, 2.45) is 46.3 Å². The van der Waals surface area contributed by atoms with E-state index in [9.17, 15) is 4.79 Å². The molecule has 0 amide bonds. The summed E-state index contributed by atoms with van der Waals surface area (Å²) in [4.78, 5) is 12.4. The first-order chi connectivity index (χ1) is 17.7. The smallest absolute Gasteiger partial charge is 0.306 e. The summed E-state index contributed by atoms with van der Waals surface area (Å²) in [7, 11) is 0. The SMILES string of the molecule is CCCCCC(=O)O[C@@H]1CC[C@@]2(C)C(=CC[C@H]3[C@H]4C[C@H]5O[C@]6(CC[C@H](C)CO6)[C@@H](C)[C@@H]5[C@@]4(C)CC[C@@H]32)C1. The minimum Gasteiger partial charge on any atom is -0.462 e. The zero-order valence-corrected chi connectivity index (χ0v) is 24.2. The normalized spacial score (nSPS) is 50.6. The Labute approximate surface area is 225 Å². The molecule has 37 heavy (non-hydrogen) atoms. The largest absolute Gasteiger partial charge is 0.462 e. The van der Waals surface area contributed by atoms with Crippen LogP contribution in [0.15, 0.2) is 11.6 Å². The molecule has 4 aliphatic carbocycles. The van der Waals surface area contributed by atoms with E-state index in [0.29, 0.717) is 35.7 Å². The molecule has 11 atom stereocenters. The minimum atomic E-state index is -0.315. The summed E-state index contributed by atoms with van der Waals surface area (Å²) >= 11 is 0. The van der Waals surface area contributed by atoms with Gasteiger partial charge in [-0.25, -0.2) is 0 Å². The summed E-state index contributed by atoms with van der Waals surface area (Å²) in [5, 5.41) is 0. The van der Waals surface area contributed by atoms with E-state index in [1.807, 2.05) is 0 Å². The van der Waals surface area contributed by atoms with Crippen LogP contribution in [-0.4, -0.2) is 30.6 Å². The second-order valence-electron chi connectivity index (χ2n) is 14.6. The molecule has 0 bridgehead atoms.